The molecular weight excluding hydrogens is 282 g/mol. The summed E-state index contributed by atoms with van der Waals surface area (Å²) >= 11 is 0. The Morgan fingerprint density at radius 3 is 2.85 bits per heavy atom. The average Bonchev–Trinajstić information content (AvgIpc) is 2.97. The van der Waals surface area contributed by atoms with E-state index in [1.807, 2.05) is 6.92 Å². The van der Waals surface area contributed by atoms with Crippen molar-refractivity contribution in [3.05, 3.63) is 11.9 Å². The lowest BCUT2D eigenvalue weighted by Crippen LogP contribution is -2.40. The number of hydrogen-bond acceptors (Lipinski definition) is 5. The number of carbonyl (C=O) groups excluding carboxylic acids is 1. The van der Waals surface area contributed by atoms with Gasteiger partial charge in [-0.2, -0.15) is 15.4 Å². The van der Waals surface area contributed by atoms with Gasteiger partial charge in [0.2, 0.25) is 10.0 Å². The SMILES string of the molecule is CCC[C@H]1CN(C(=O)c2cn[nH]n2)C[C@@H]1NS(C)(=O)=O. The first-order chi connectivity index (χ1) is 9.40. The molecule has 0 aromatic carbocycles. The van der Waals surface area contributed by atoms with Crippen molar-refractivity contribution in [1.82, 2.24) is 25.0 Å². The second-order valence-corrected chi connectivity index (χ2v) is 6.89. The Hall–Kier alpha value is -1.48. The second-order valence-electron chi connectivity index (χ2n) is 5.11. The molecule has 2 heterocycles. The second kappa shape index (κ2) is 5.88. The number of carbonyl (C=O) groups is 1. The molecule has 1 saturated heterocycles. The molecule has 0 bridgehead atoms. The molecule has 0 spiro atoms. The molecule has 2 N–H and O–H groups in total. The van der Waals surface area contributed by atoms with Crippen molar-refractivity contribution in [1.29, 1.82) is 0 Å². The lowest BCUT2D eigenvalue weighted by atomic mass is 9.99. The molecule has 2 rings (SSSR count). The quantitative estimate of drug-likeness (QED) is 0.769. The lowest BCUT2D eigenvalue weighted by molar-refractivity contribution is 0.0779. The van der Waals surface area contributed by atoms with Gasteiger partial charge in [0.25, 0.3) is 5.91 Å². The average molecular weight is 301 g/mol. The highest BCUT2D eigenvalue weighted by molar-refractivity contribution is 7.88. The molecule has 8 nitrogen and oxygen atoms in total. The zero-order valence-electron chi connectivity index (χ0n) is 11.5. The topological polar surface area (TPSA) is 108 Å². The van der Waals surface area contributed by atoms with Crippen LogP contribution in [0.2, 0.25) is 0 Å². The minimum absolute atomic E-state index is 0.130. The molecule has 0 radical (unpaired) electrons. The van der Waals surface area contributed by atoms with Gasteiger partial charge in [-0.1, -0.05) is 13.3 Å². The minimum Gasteiger partial charge on any atom is -0.335 e. The van der Waals surface area contributed by atoms with E-state index >= 15 is 0 Å². The van der Waals surface area contributed by atoms with E-state index in [0.29, 0.717) is 13.1 Å². The molecular formula is C11H19N5O3S. The van der Waals surface area contributed by atoms with Gasteiger partial charge in [-0.3, -0.25) is 4.79 Å². The molecule has 20 heavy (non-hydrogen) atoms. The fourth-order valence-corrected chi connectivity index (χ4v) is 3.39. The van der Waals surface area contributed by atoms with Crippen molar-refractivity contribution in [3.63, 3.8) is 0 Å². The van der Waals surface area contributed by atoms with Crippen LogP contribution < -0.4 is 4.72 Å². The number of H-pyrrole nitrogens is 1. The van der Waals surface area contributed by atoms with E-state index in [4.69, 9.17) is 0 Å². The van der Waals surface area contributed by atoms with Gasteiger partial charge in [0.15, 0.2) is 5.69 Å². The van der Waals surface area contributed by atoms with Gasteiger partial charge in [0.1, 0.15) is 0 Å². The third kappa shape index (κ3) is 3.54. The molecule has 1 aromatic rings. The lowest BCUT2D eigenvalue weighted by Gasteiger charge is -2.17. The summed E-state index contributed by atoms with van der Waals surface area (Å²) in [5.41, 5.74) is 0.250. The number of aromatic amines is 1. The highest BCUT2D eigenvalue weighted by atomic mass is 32.2. The van der Waals surface area contributed by atoms with E-state index in [0.717, 1.165) is 19.1 Å². The first-order valence-corrected chi connectivity index (χ1v) is 8.42. The van der Waals surface area contributed by atoms with Gasteiger partial charge < -0.3 is 4.90 Å². The molecule has 9 heteroatoms. The molecule has 1 amide bonds. The third-order valence-electron chi connectivity index (χ3n) is 3.39. The highest BCUT2D eigenvalue weighted by Crippen LogP contribution is 2.23. The Morgan fingerprint density at radius 1 is 1.55 bits per heavy atom. The maximum absolute atomic E-state index is 12.2. The summed E-state index contributed by atoms with van der Waals surface area (Å²) in [6.45, 7) is 2.94. The van der Waals surface area contributed by atoms with Gasteiger partial charge in [0.05, 0.1) is 12.5 Å². The maximum Gasteiger partial charge on any atom is 0.276 e. The number of rotatable bonds is 5. The Bertz CT molecular complexity index is 557. The molecule has 2 atom stereocenters. The highest BCUT2D eigenvalue weighted by Gasteiger charge is 2.36. The fourth-order valence-electron chi connectivity index (χ4n) is 2.58. The van der Waals surface area contributed by atoms with Gasteiger partial charge in [-0.15, -0.1) is 0 Å². The number of hydrogen-bond donors (Lipinski definition) is 2. The smallest absolute Gasteiger partial charge is 0.276 e. The first kappa shape index (κ1) is 14.9. The zero-order chi connectivity index (χ0) is 14.8. The van der Waals surface area contributed by atoms with Gasteiger partial charge >= 0.3 is 0 Å². The van der Waals surface area contributed by atoms with Crippen molar-refractivity contribution in [2.45, 2.75) is 25.8 Å². The van der Waals surface area contributed by atoms with Crippen LogP contribution in [0.15, 0.2) is 6.20 Å². The molecule has 112 valence electrons. The number of nitrogens with zero attached hydrogens (tertiary/aromatic N) is 3. The predicted octanol–water partition coefficient (Wildman–Crippen LogP) is -0.405. The number of sulfonamides is 1. The van der Waals surface area contributed by atoms with Crippen molar-refractivity contribution < 1.29 is 13.2 Å². The van der Waals surface area contributed by atoms with Gasteiger partial charge in [-0.05, 0) is 12.3 Å². The number of aromatic nitrogens is 3. The van der Waals surface area contributed by atoms with Crippen LogP contribution in [-0.4, -0.2) is 60.0 Å². The van der Waals surface area contributed by atoms with E-state index in [1.165, 1.54) is 6.20 Å². The van der Waals surface area contributed by atoms with E-state index in [9.17, 15) is 13.2 Å². The summed E-state index contributed by atoms with van der Waals surface area (Å²) in [4.78, 5) is 13.8. The van der Waals surface area contributed by atoms with E-state index in [-0.39, 0.29) is 23.6 Å². The largest absolute Gasteiger partial charge is 0.335 e. The Labute approximate surface area is 118 Å². The van der Waals surface area contributed by atoms with Crippen LogP contribution in [0.4, 0.5) is 0 Å². The summed E-state index contributed by atoms with van der Waals surface area (Å²) in [5.74, 6) is -0.0942. The summed E-state index contributed by atoms with van der Waals surface area (Å²) < 4.78 is 25.4. The van der Waals surface area contributed by atoms with Crippen LogP contribution in [-0.2, 0) is 10.0 Å². The van der Waals surface area contributed by atoms with Crippen molar-refractivity contribution in [3.8, 4) is 0 Å². The van der Waals surface area contributed by atoms with E-state index in [1.54, 1.807) is 4.90 Å². The number of amides is 1. The molecule has 0 saturated carbocycles. The molecule has 1 aliphatic heterocycles. The molecule has 0 aliphatic carbocycles. The van der Waals surface area contributed by atoms with Crippen LogP contribution in [0.1, 0.15) is 30.3 Å². The van der Waals surface area contributed by atoms with Crippen LogP contribution >= 0.6 is 0 Å². The zero-order valence-corrected chi connectivity index (χ0v) is 12.4. The van der Waals surface area contributed by atoms with Crippen LogP contribution in [0, 0.1) is 5.92 Å². The maximum atomic E-state index is 12.2. The Morgan fingerprint density at radius 2 is 2.30 bits per heavy atom. The Balaban J connectivity index is 2.09. The number of likely N-dealkylation sites (tertiary alicyclic amines) is 1. The third-order valence-corrected chi connectivity index (χ3v) is 4.12. The molecule has 0 unspecified atom stereocenters. The fraction of sp³-hybridized carbons (Fsp3) is 0.727. The standard InChI is InChI=1S/C11H19N5O3S/c1-3-4-8-6-16(7-10(8)14-20(2,18)19)11(17)9-5-12-15-13-9/h5,8,10,14H,3-4,6-7H2,1-2H3,(H,12,13,15)/t8-,10-/m0/s1. The summed E-state index contributed by atoms with van der Waals surface area (Å²) in [7, 11) is -3.28. The monoisotopic (exact) mass is 301 g/mol. The molecule has 1 aliphatic rings. The van der Waals surface area contributed by atoms with Crippen LogP contribution in [0.25, 0.3) is 0 Å². The predicted molar refractivity (Wildman–Crippen MR) is 72.5 cm³/mol. The van der Waals surface area contributed by atoms with Crippen LogP contribution in [0.5, 0.6) is 0 Å². The summed E-state index contributed by atoms with van der Waals surface area (Å²) in [5, 5.41) is 9.78. The van der Waals surface area contributed by atoms with E-state index < -0.39 is 10.0 Å². The van der Waals surface area contributed by atoms with Crippen molar-refractivity contribution in [2.75, 3.05) is 19.3 Å². The summed E-state index contributed by atoms with van der Waals surface area (Å²) in [6, 6.07) is -0.235. The Kier molecular flexibility index (Phi) is 4.39. The first-order valence-electron chi connectivity index (χ1n) is 6.53. The van der Waals surface area contributed by atoms with Crippen molar-refractivity contribution >= 4 is 15.9 Å². The van der Waals surface area contributed by atoms with E-state index in [2.05, 4.69) is 20.1 Å². The molecule has 1 fully saturated rings. The minimum atomic E-state index is -3.28. The summed E-state index contributed by atoms with van der Waals surface area (Å²) in [6.07, 6.45) is 4.32. The van der Waals surface area contributed by atoms with Gasteiger partial charge in [0, 0.05) is 19.1 Å². The van der Waals surface area contributed by atoms with Gasteiger partial charge in [-0.25, -0.2) is 13.1 Å². The van der Waals surface area contributed by atoms with Crippen molar-refractivity contribution in [2.24, 2.45) is 5.92 Å². The normalized spacial score (nSPS) is 23.2. The molecule has 1 aromatic heterocycles. The number of nitrogens with one attached hydrogen (secondary N) is 2. The van der Waals surface area contributed by atoms with Crippen LogP contribution in [0.3, 0.4) is 0 Å².